The Kier molecular flexibility index (Phi) is 4.75. The second-order valence-electron chi connectivity index (χ2n) is 4.30. The van der Waals surface area contributed by atoms with Crippen LogP contribution in [0.4, 0.5) is 22.0 Å². The lowest BCUT2D eigenvalue weighted by Crippen LogP contribution is -2.08. The zero-order chi connectivity index (χ0) is 16.2. The van der Waals surface area contributed by atoms with Crippen LogP contribution in [-0.2, 0) is 17.6 Å². The molecule has 0 bridgehead atoms. The van der Waals surface area contributed by atoms with Gasteiger partial charge in [-0.1, -0.05) is 23.4 Å². The maximum atomic E-state index is 12.9. The molecule has 7 heteroatoms. The first-order valence-corrected chi connectivity index (χ1v) is 6.05. The average Bonchev–Trinajstić information content (AvgIpc) is 2.42. The standard InChI is InChI=1S/C15H9F5NO/c16-12-5-10(6-13(17)7-12)9-22-21-8-11-3-1-2-4-14(11)15(18,19)20/h1-7H,9H2. The van der Waals surface area contributed by atoms with Gasteiger partial charge in [0.05, 0.1) is 5.56 Å². The molecule has 2 aromatic carbocycles. The van der Waals surface area contributed by atoms with Crippen molar-refractivity contribution in [2.45, 2.75) is 12.8 Å². The van der Waals surface area contributed by atoms with E-state index in [0.717, 1.165) is 18.2 Å². The molecule has 0 heterocycles. The Labute approximate surface area is 122 Å². The molecule has 0 unspecified atom stereocenters. The summed E-state index contributed by atoms with van der Waals surface area (Å²) in [7, 11) is 0. The fourth-order valence-corrected chi connectivity index (χ4v) is 1.71. The summed E-state index contributed by atoms with van der Waals surface area (Å²) in [4.78, 5) is 4.71. The Morgan fingerprint density at radius 3 is 2.27 bits per heavy atom. The molecular formula is C15H9F5NO. The van der Waals surface area contributed by atoms with Gasteiger partial charge in [-0.2, -0.15) is 13.2 Å². The normalized spacial score (nSPS) is 11.9. The lowest BCUT2D eigenvalue weighted by Gasteiger charge is -2.08. The highest BCUT2D eigenvalue weighted by molar-refractivity contribution is 5.81. The van der Waals surface area contributed by atoms with Crippen LogP contribution in [0.15, 0.2) is 47.6 Å². The molecular weight excluding hydrogens is 305 g/mol. The summed E-state index contributed by atoms with van der Waals surface area (Å²) in [5.74, 6) is -1.57. The van der Waals surface area contributed by atoms with Crippen molar-refractivity contribution in [3.05, 3.63) is 70.8 Å². The molecule has 0 saturated heterocycles. The molecule has 0 spiro atoms. The number of rotatable bonds is 4. The Morgan fingerprint density at radius 2 is 1.64 bits per heavy atom. The van der Waals surface area contributed by atoms with Crippen molar-refractivity contribution in [1.82, 2.24) is 0 Å². The summed E-state index contributed by atoms with van der Waals surface area (Å²) in [5, 5.41) is 3.28. The molecule has 0 aromatic heterocycles. The van der Waals surface area contributed by atoms with Gasteiger partial charge in [0.15, 0.2) is 0 Å². The third-order valence-corrected chi connectivity index (χ3v) is 2.62. The van der Waals surface area contributed by atoms with Crippen molar-refractivity contribution in [1.29, 1.82) is 0 Å². The molecule has 0 aliphatic heterocycles. The van der Waals surface area contributed by atoms with Gasteiger partial charge in [-0.15, -0.1) is 0 Å². The minimum atomic E-state index is -4.54. The molecule has 115 valence electrons. The number of nitrogens with zero attached hydrogens (tertiary/aromatic N) is 1. The van der Waals surface area contributed by atoms with Crippen molar-refractivity contribution in [3.8, 4) is 0 Å². The predicted octanol–water partition coefficient (Wildman–Crippen LogP) is 4.41. The molecule has 0 aliphatic rings. The van der Waals surface area contributed by atoms with Crippen LogP contribution >= 0.6 is 0 Å². The van der Waals surface area contributed by atoms with Gasteiger partial charge < -0.3 is 4.84 Å². The number of alkyl halides is 3. The van der Waals surface area contributed by atoms with Crippen LogP contribution in [0.1, 0.15) is 16.7 Å². The molecule has 2 rings (SSSR count). The van der Waals surface area contributed by atoms with Crippen LogP contribution in [0.25, 0.3) is 0 Å². The van der Waals surface area contributed by atoms with E-state index < -0.39 is 23.4 Å². The SMILES string of the molecule is Fc1cc(F)cc(CO/N=[C]\c2ccccc2C(F)(F)F)c1. The van der Waals surface area contributed by atoms with Gasteiger partial charge in [-0.05, 0) is 23.8 Å². The van der Waals surface area contributed by atoms with Gasteiger partial charge in [-0.25, -0.2) is 8.78 Å². The molecule has 1 radical (unpaired) electrons. The lowest BCUT2D eigenvalue weighted by atomic mass is 10.1. The van der Waals surface area contributed by atoms with Crippen molar-refractivity contribution < 1.29 is 26.8 Å². The fraction of sp³-hybridized carbons (Fsp3) is 0.133. The number of halogens is 5. The minimum absolute atomic E-state index is 0.159. The first-order chi connectivity index (χ1) is 10.4. The smallest absolute Gasteiger partial charge is 0.390 e. The molecule has 0 N–H and O–H groups in total. The lowest BCUT2D eigenvalue weighted by molar-refractivity contribution is -0.137. The van der Waals surface area contributed by atoms with Gasteiger partial charge in [-0.3, -0.25) is 0 Å². The Hall–Kier alpha value is -2.44. The quantitative estimate of drug-likeness (QED) is 0.465. The van der Waals surface area contributed by atoms with Gasteiger partial charge >= 0.3 is 6.18 Å². The zero-order valence-electron chi connectivity index (χ0n) is 11.0. The van der Waals surface area contributed by atoms with Crippen LogP contribution < -0.4 is 0 Å². The monoisotopic (exact) mass is 314 g/mol. The highest BCUT2D eigenvalue weighted by atomic mass is 19.4. The van der Waals surface area contributed by atoms with Crippen molar-refractivity contribution in [2.24, 2.45) is 5.16 Å². The minimum Gasteiger partial charge on any atom is -0.390 e. The van der Waals surface area contributed by atoms with Gasteiger partial charge in [0.25, 0.3) is 0 Å². The van der Waals surface area contributed by atoms with Crippen molar-refractivity contribution >= 4 is 6.21 Å². The van der Waals surface area contributed by atoms with Crippen LogP contribution in [0.3, 0.4) is 0 Å². The largest absolute Gasteiger partial charge is 0.417 e. The molecule has 2 aromatic rings. The van der Waals surface area contributed by atoms with E-state index in [0.29, 0.717) is 6.07 Å². The summed E-state index contributed by atoms with van der Waals surface area (Å²) in [6.45, 7) is -0.296. The third kappa shape index (κ3) is 4.28. The van der Waals surface area contributed by atoms with E-state index in [1.54, 1.807) is 0 Å². The van der Waals surface area contributed by atoms with Crippen molar-refractivity contribution in [3.63, 3.8) is 0 Å². The van der Waals surface area contributed by atoms with E-state index in [-0.39, 0.29) is 17.7 Å². The summed E-state index contributed by atoms with van der Waals surface area (Å²) in [6, 6.07) is 7.46. The number of benzene rings is 2. The Balaban J connectivity index is 2.04. The Morgan fingerprint density at radius 1 is 1.00 bits per heavy atom. The molecule has 0 atom stereocenters. The molecule has 2 nitrogen and oxygen atoms in total. The summed E-state index contributed by atoms with van der Waals surface area (Å²) < 4.78 is 64.0. The topological polar surface area (TPSA) is 21.6 Å². The Bertz CT molecular complexity index is 662. The predicted molar refractivity (Wildman–Crippen MR) is 69.1 cm³/mol. The van der Waals surface area contributed by atoms with Crippen LogP contribution in [0.5, 0.6) is 0 Å². The van der Waals surface area contributed by atoms with E-state index in [9.17, 15) is 22.0 Å². The summed E-state index contributed by atoms with van der Waals surface area (Å²) in [5.41, 5.74) is -1.04. The zero-order valence-corrected chi connectivity index (χ0v) is 11.0. The van der Waals surface area contributed by atoms with Gasteiger partial charge in [0, 0.05) is 11.6 Å². The molecule has 0 aliphatic carbocycles. The van der Waals surface area contributed by atoms with Crippen LogP contribution in [0.2, 0.25) is 0 Å². The summed E-state index contributed by atoms with van der Waals surface area (Å²) in [6.07, 6.45) is -2.42. The highest BCUT2D eigenvalue weighted by Crippen LogP contribution is 2.31. The molecule has 0 saturated carbocycles. The first-order valence-electron chi connectivity index (χ1n) is 6.05. The maximum absolute atomic E-state index is 12.9. The highest BCUT2D eigenvalue weighted by Gasteiger charge is 2.32. The van der Waals surface area contributed by atoms with Crippen molar-refractivity contribution in [2.75, 3.05) is 0 Å². The third-order valence-electron chi connectivity index (χ3n) is 2.62. The second-order valence-corrected chi connectivity index (χ2v) is 4.30. The fourth-order valence-electron chi connectivity index (χ4n) is 1.71. The molecule has 0 amide bonds. The van der Waals surface area contributed by atoms with E-state index in [1.807, 2.05) is 0 Å². The van der Waals surface area contributed by atoms with Gasteiger partial charge in [0.1, 0.15) is 24.5 Å². The van der Waals surface area contributed by atoms with E-state index >= 15 is 0 Å². The first kappa shape index (κ1) is 15.9. The molecule has 0 fully saturated rings. The summed E-state index contributed by atoms with van der Waals surface area (Å²) >= 11 is 0. The van der Waals surface area contributed by atoms with E-state index in [1.165, 1.54) is 18.2 Å². The second kappa shape index (κ2) is 6.55. The molecule has 22 heavy (non-hydrogen) atoms. The maximum Gasteiger partial charge on any atom is 0.417 e. The van der Waals surface area contributed by atoms with Gasteiger partial charge in [0.2, 0.25) is 0 Å². The number of hydrogen-bond donors (Lipinski definition) is 0. The van der Waals surface area contributed by atoms with Crippen LogP contribution in [-0.4, -0.2) is 6.21 Å². The van der Waals surface area contributed by atoms with E-state index in [2.05, 4.69) is 11.4 Å². The van der Waals surface area contributed by atoms with E-state index in [4.69, 9.17) is 4.84 Å². The number of hydrogen-bond acceptors (Lipinski definition) is 2. The average molecular weight is 314 g/mol. The van der Waals surface area contributed by atoms with Crippen LogP contribution in [0, 0.1) is 11.6 Å².